The molecule has 0 fully saturated rings. The molecule has 0 saturated heterocycles. The Kier molecular flexibility index (Phi) is 6.22. The van der Waals surface area contributed by atoms with Crippen LogP contribution >= 0.6 is 0 Å². The second-order valence-electron chi connectivity index (χ2n) is 6.26. The fourth-order valence-corrected chi connectivity index (χ4v) is 2.66. The van der Waals surface area contributed by atoms with E-state index in [1.807, 2.05) is 33.2 Å². The Morgan fingerprint density at radius 2 is 2.00 bits per heavy atom. The summed E-state index contributed by atoms with van der Waals surface area (Å²) in [4.78, 5) is 23.8. The van der Waals surface area contributed by atoms with E-state index < -0.39 is 0 Å². The number of rotatable bonds is 6. The van der Waals surface area contributed by atoms with E-state index in [1.165, 1.54) is 5.69 Å². The molecule has 0 bridgehead atoms. The van der Waals surface area contributed by atoms with Gasteiger partial charge < -0.3 is 20.5 Å². The maximum absolute atomic E-state index is 12.2. The predicted octanol–water partition coefficient (Wildman–Crippen LogP) is 2.84. The first kappa shape index (κ1) is 18.6. The van der Waals surface area contributed by atoms with Crippen molar-refractivity contribution in [3.63, 3.8) is 0 Å². The van der Waals surface area contributed by atoms with Crippen LogP contribution in [0, 0.1) is 6.92 Å². The van der Waals surface area contributed by atoms with Gasteiger partial charge >= 0.3 is 6.03 Å². The van der Waals surface area contributed by atoms with Gasteiger partial charge in [-0.25, -0.2) is 4.79 Å². The van der Waals surface area contributed by atoms with Crippen molar-refractivity contribution in [1.82, 2.24) is 15.2 Å². The van der Waals surface area contributed by atoms with E-state index in [2.05, 4.69) is 26.6 Å². The van der Waals surface area contributed by atoms with Crippen molar-refractivity contribution in [2.24, 2.45) is 7.05 Å². The van der Waals surface area contributed by atoms with Crippen molar-refractivity contribution < 1.29 is 9.59 Å². The molecule has 2 aromatic rings. The number of aromatic nitrogens is 1. The van der Waals surface area contributed by atoms with Crippen LogP contribution < -0.4 is 16.0 Å². The lowest BCUT2D eigenvalue weighted by atomic mass is 10.1. The van der Waals surface area contributed by atoms with Gasteiger partial charge in [0.05, 0.1) is 0 Å². The van der Waals surface area contributed by atoms with Gasteiger partial charge in [-0.3, -0.25) is 4.79 Å². The molecule has 0 unspecified atom stereocenters. The smallest absolute Gasteiger partial charge is 0.319 e. The van der Waals surface area contributed by atoms with Gasteiger partial charge in [-0.15, -0.1) is 0 Å². The highest BCUT2D eigenvalue weighted by atomic mass is 16.2. The molecule has 6 heteroatoms. The summed E-state index contributed by atoms with van der Waals surface area (Å²) < 4.78 is 2.09. The number of urea groups is 1. The molecule has 0 saturated carbocycles. The minimum Gasteiger partial charge on any atom is -0.355 e. The number of nitrogens with one attached hydrogen (secondary N) is 3. The Balaban J connectivity index is 1.87. The highest BCUT2D eigenvalue weighted by Gasteiger charge is 2.11. The second kappa shape index (κ2) is 8.37. The van der Waals surface area contributed by atoms with Crippen LogP contribution in [0.1, 0.15) is 35.0 Å². The zero-order valence-electron chi connectivity index (χ0n) is 15.2. The van der Waals surface area contributed by atoms with Crippen molar-refractivity contribution in [1.29, 1.82) is 0 Å². The maximum atomic E-state index is 12.2. The normalized spacial score (nSPS) is 11.7. The Bertz CT molecular complexity index is 752. The van der Waals surface area contributed by atoms with E-state index in [-0.39, 0.29) is 18.0 Å². The summed E-state index contributed by atoms with van der Waals surface area (Å²) in [6, 6.07) is 9.12. The van der Waals surface area contributed by atoms with Crippen LogP contribution in [0.5, 0.6) is 0 Å². The number of benzene rings is 1. The molecule has 1 aromatic carbocycles. The van der Waals surface area contributed by atoms with Crippen LogP contribution in [0.3, 0.4) is 0 Å². The van der Waals surface area contributed by atoms with Gasteiger partial charge in [0, 0.05) is 43.3 Å². The minimum atomic E-state index is -0.241. The molecule has 134 valence electrons. The van der Waals surface area contributed by atoms with Crippen LogP contribution in [0.15, 0.2) is 36.5 Å². The Morgan fingerprint density at radius 1 is 1.24 bits per heavy atom. The van der Waals surface area contributed by atoms with E-state index in [1.54, 1.807) is 25.2 Å². The number of carbonyl (C=O) groups excluding carboxylic acids is 2. The van der Waals surface area contributed by atoms with E-state index in [9.17, 15) is 9.59 Å². The Morgan fingerprint density at radius 3 is 2.60 bits per heavy atom. The van der Waals surface area contributed by atoms with Crippen LogP contribution in [0.4, 0.5) is 10.5 Å². The van der Waals surface area contributed by atoms with Crippen LogP contribution in [-0.2, 0) is 13.5 Å². The molecule has 0 aliphatic rings. The van der Waals surface area contributed by atoms with Crippen LogP contribution in [-0.4, -0.2) is 29.6 Å². The molecule has 1 heterocycles. The lowest BCUT2D eigenvalue weighted by molar-refractivity contribution is 0.0963. The van der Waals surface area contributed by atoms with Gasteiger partial charge in [0.2, 0.25) is 0 Å². The molecule has 2 rings (SSSR count). The van der Waals surface area contributed by atoms with Gasteiger partial charge in [-0.2, -0.15) is 0 Å². The summed E-state index contributed by atoms with van der Waals surface area (Å²) >= 11 is 0. The van der Waals surface area contributed by atoms with Crippen molar-refractivity contribution in [2.75, 3.05) is 12.4 Å². The molecule has 0 radical (unpaired) electrons. The van der Waals surface area contributed by atoms with Crippen molar-refractivity contribution in [2.45, 2.75) is 32.7 Å². The quantitative estimate of drug-likeness (QED) is 0.755. The third-order valence-electron chi connectivity index (χ3n) is 4.23. The van der Waals surface area contributed by atoms with Crippen LogP contribution in [0.25, 0.3) is 0 Å². The van der Waals surface area contributed by atoms with E-state index >= 15 is 0 Å². The first-order valence-electron chi connectivity index (χ1n) is 8.41. The Hall–Kier alpha value is -2.76. The van der Waals surface area contributed by atoms with Gasteiger partial charge in [0.15, 0.2) is 0 Å². The first-order chi connectivity index (χ1) is 11.9. The molecule has 1 aromatic heterocycles. The fraction of sp³-hybridized carbons (Fsp3) is 0.368. The number of hydrogen-bond acceptors (Lipinski definition) is 2. The molecule has 0 aliphatic carbocycles. The maximum Gasteiger partial charge on any atom is 0.319 e. The SMILES string of the molecule is CNC(=O)c1ccc(NC(=O)N[C@H](C)CCc2cccn2C)c(C)c1. The lowest BCUT2D eigenvalue weighted by Crippen LogP contribution is -2.36. The first-order valence-corrected chi connectivity index (χ1v) is 8.41. The molecule has 3 amide bonds. The topological polar surface area (TPSA) is 75.2 Å². The van der Waals surface area contributed by atoms with Gasteiger partial charge in [-0.05, 0) is 62.6 Å². The van der Waals surface area contributed by atoms with Crippen LogP contribution in [0.2, 0.25) is 0 Å². The molecule has 0 spiro atoms. The van der Waals surface area contributed by atoms with Gasteiger partial charge in [0.25, 0.3) is 5.91 Å². The third-order valence-corrected chi connectivity index (χ3v) is 4.23. The number of anilines is 1. The summed E-state index contributed by atoms with van der Waals surface area (Å²) in [5.74, 6) is -0.145. The number of nitrogens with zero attached hydrogens (tertiary/aromatic N) is 1. The largest absolute Gasteiger partial charge is 0.355 e. The Labute approximate surface area is 148 Å². The van der Waals surface area contributed by atoms with E-state index in [0.717, 1.165) is 18.4 Å². The predicted molar refractivity (Wildman–Crippen MR) is 99.9 cm³/mol. The lowest BCUT2D eigenvalue weighted by Gasteiger charge is -2.16. The third kappa shape index (κ3) is 5.11. The van der Waals surface area contributed by atoms with E-state index in [4.69, 9.17) is 0 Å². The highest BCUT2D eigenvalue weighted by Crippen LogP contribution is 2.16. The number of carbonyl (C=O) groups is 2. The average molecular weight is 342 g/mol. The standard InChI is InChI=1S/C19H26N4O2/c1-13-12-15(18(24)20-3)8-10-17(13)22-19(25)21-14(2)7-9-16-6-5-11-23(16)4/h5-6,8,10-12,14H,7,9H2,1-4H3,(H,20,24)(H2,21,22,25)/t14-/m1/s1. The summed E-state index contributed by atoms with van der Waals surface area (Å²) in [6.45, 7) is 3.85. The van der Waals surface area contributed by atoms with Crippen molar-refractivity contribution in [3.05, 3.63) is 53.3 Å². The van der Waals surface area contributed by atoms with Gasteiger partial charge in [-0.1, -0.05) is 0 Å². The zero-order chi connectivity index (χ0) is 18.4. The summed E-state index contributed by atoms with van der Waals surface area (Å²) in [6.07, 6.45) is 3.79. The molecule has 1 atom stereocenters. The molecular formula is C19H26N4O2. The van der Waals surface area contributed by atoms with Crippen molar-refractivity contribution >= 4 is 17.6 Å². The second-order valence-corrected chi connectivity index (χ2v) is 6.26. The number of aryl methyl sites for hydroxylation is 3. The molecule has 0 aliphatic heterocycles. The molecule has 6 nitrogen and oxygen atoms in total. The molecule has 25 heavy (non-hydrogen) atoms. The van der Waals surface area contributed by atoms with Crippen molar-refractivity contribution in [3.8, 4) is 0 Å². The minimum absolute atomic E-state index is 0.0559. The van der Waals surface area contributed by atoms with E-state index in [0.29, 0.717) is 11.3 Å². The summed E-state index contributed by atoms with van der Waals surface area (Å²) in [7, 11) is 3.61. The molecule has 3 N–H and O–H groups in total. The molecular weight excluding hydrogens is 316 g/mol. The highest BCUT2D eigenvalue weighted by molar-refractivity contribution is 5.96. The summed E-state index contributed by atoms with van der Waals surface area (Å²) in [5.41, 5.74) is 3.35. The van der Waals surface area contributed by atoms with Gasteiger partial charge in [0.1, 0.15) is 0 Å². The fourth-order valence-electron chi connectivity index (χ4n) is 2.66. The zero-order valence-corrected chi connectivity index (χ0v) is 15.2. The average Bonchev–Trinajstić information content (AvgIpc) is 2.99. The monoisotopic (exact) mass is 342 g/mol. The number of hydrogen-bond donors (Lipinski definition) is 3. The summed E-state index contributed by atoms with van der Waals surface area (Å²) in [5, 5.41) is 8.37. The number of amides is 3.